The first kappa shape index (κ1) is 18.3. The molecule has 3 rings (SSSR count). The summed E-state index contributed by atoms with van der Waals surface area (Å²) >= 11 is 0. The molecule has 0 aliphatic carbocycles. The summed E-state index contributed by atoms with van der Waals surface area (Å²) in [6.07, 6.45) is 0.840. The molecule has 4 heteroatoms. The van der Waals surface area contributed by atoms with E-state index in [1.165, 1.54) is 0 Å². The van der Waals surface area contributed by atoms with Gasteiger partial charge < -0.3 is 14.8 Å². The van der Waals surface area contributed by atoms with Crippen molar-refractivity contribution in [1.82, 2.24) is 0 Å². The molecule has 1 heterocycles. The van der Waals surface area contributed by atoms with Crippen molar-refractivity contribution >= 4 is 11.6 Å². The number of benzene rings is 2. The molecule has 0 aromatic heterocycles. The van der Waals surface area contributed by atoms with Crippen LogP contribution in [-0.2, 0) is 11.2 Å². The van der Waals surface area contributed by atoms with Gasteiger partial charge in [-0.25, -0.2) is 0 Å². The van der Waals surface area contributed by atoms with Gasteiger partial charge >= 0.3 is 0 Å². The summed E-state index contributed by atoms with van der Waals surface area (Å²) in [7, 11) is 0. The third kappa shape index (κ3) is 3.85. The van der Waals surface area contributed by atoms with Crippen LogP contribution in [0.25, 0.3) is 0 Å². The van der Waals surface area contributed by atoms with Gasteiger partial charge in [-0.15, -0.1) is 0 Å². The number of ether oxygens (including phenoxy) is 2. The van der Waals surface area contributed by atoms with Crippen LogP contribution in [0.1, 0.15) is 50.3 Å². The van der Waals surface area contributed by atoms with Crippen LogP contribution in [0.3, 0.4) is 0 Å². The molecule has 4 nitrogen and oxygen atoms in total. The maximum Gasteiger partial charge on any atom is 0.262 e. The van der Waals surface area contributed by atoms with Gasteiger partial charge in [-0.2, -0.15) is 0 Å². The maximum atomic E-state index is 12.5. The van der Waals surface area contributed by atoms with Crippen molar-refractivity contribution in [2.45, 2.75) is 52.6 Å². The molecule has 0 bridgehead atoms. The van der Waals surface area contributed by atoms with E-state index in [1.54, 1.807) is 0 Å². The van der Waals surface area contributed by atoms with Crippen LogP contribution in [0.15, 0.2) is 36.4 Å². The summed E-state index contributed by atoms with van der Waals surface area (Å²) in [6.45, 7) is 10.3. The average molecular weight is 353 g/mol. The summed E-state index contributed by atoms with van der Waals surface area (Å²) in [5.74, 6) is 1.54. The number of carbonyl (C=O) groups is 1. The molecule has 0 fully saturated rings. The summed E-state index contributed by atoms with van der Waals surface area (Å²) in [5, 5.41) is 3.01. The van der Waals surface area contributed by atoms with E-state index in [2.05, 4.69) is 33.0 Å². The number of amides is 1. The highest BCUT2D eigenvalue weighted by Gasteiger charge is 2.32. The summed E-state index contributed by atoms with van der Waals surface area (Å²) in [5.41, 5.74) is 3.94. The molecule has 1 N–H and O–H groups in total. The van der Waals surface area contributed by atoms with Gasteiger partial charge in [-0.3, -0.25) is 4.79 Å². The minimum absolute atomic E-state index is 0.0495. The highest BCUT2D eigenvalue weighted by Crippen LogP contribution is 2.41. The topological polar surface area (TPSA) is 47.6 Å². The van der Waals surface area contributed by atoms with Gasteiger partial charge in [0.15, 0.2) is 18.1 Å². The Balaban J connectivity index is 1.70. The van der Waals surface area contributed by atoms with Gasteiger partial charge in [-0.1, -0.05) is 44.2 Å². The van der Waals surface area contributed by atoms with Crippen LogP contribution in [0.4, 0.5) is 5.69 Å². The Labute approximate surface area is 155 Å². The average Bonchev–Trinajstić information content (AvgIpc) is 2.88. The van der Waals surface area contributed by atoms with Crippen LogP contribution >= 0.6 is 0 Å². The van der Waals surface area contributed by atoms with Crippen LogP contribution in [-0.4, -0.2) is 18.1 Å². The predicted molar refractivity (Wildman–Crippen MR) is 104 cm³/mol. The lowest BCUT2D eigenvalue weighted by molar-refractivity contribution is -0.118. The lowest BCUT2D eigenvalue weighted by atomic mass is 9.98. The number of anilines is 1. The SMILES string of the molecule is Cc1cccc(C(C)C)c1NC(=O)COc1cccc2c1OC(C)(C)C2. The summed E-state index contributed by atoms with van der Waals surface area (Å²) in [6, 6.07) is 11.9. The third-order valence-corrected chi connectivity index (χ3v) is 4.61. The normalized spacial score (nSPS) is 14.7. The van der Waals surface area contributed by atoms with Crippen molar-refractivity contribution < 1.29 is 14.3 Å². The first-order valence-corrected chi connectivity index (χ1v) is 9.10. The van der Waals surface area contributed by atoms with Gasteiger partial charge in [0, 0.05) is 17.7 Å². The lowest BCUT2D eigenvalue weighted by Gasteiger charge is -2.19. The van der Waals surface area contributed by atoms with E-state index < -0.39 is 0 Å². The second-order valence-corrected chi connectivity index (χ2v) is 7.81. The van der Waals surface area contributed by atoms with Crippen molar-refractivity contribution in [3.05, 3.63) is 53.1 Å². The monoisotopic (exact) mass is 353 g/mol. The first-order valence-electron chi connectivity index (χ1n) is 9.10. The summed E-state index contributed by atoms with van der Waals surface area (Å²) < 4.78 is 11.8. The predicted octanol–water partition coefficient (Wildman–Crippen LogP) is 4.85. The van der Waals surface area contributed by atoms with Crippen LogP contribution < -0.4 is 14.8 Å². The molecule has 1 aliphatic heterocycles. The number of para-hydroxylation sites is 2. The Morgan fingerprint density at radius 3 is 2.69 bits per heavy atom. The number of carbonyl (C=O) groups excluding carboxylic acids is 1. The number of fused-ring (bicyclic) bond motifs is 1. The van der Waals surface area contributed by atoms with E-state index in [4.69, 9.17) is 9.47 Å². The van der Waals surface area contributed by atoms with Crippen molar-refractivity contribution in [1.29, 1.82) is 0 Å². The molecule has 1 aliphatic rings. The Bertz CT molecular complexity index is 824. The van der Waals surface area contributed by atoms with E-state index in [0.29, 0.717) is 11.7 Å². The minimum atomic E-state index is -0.239. The molecule has 1 amide bonds. The molecule has 0 radical (unpaired) electrons. The molecule has 2 aromatic rings. The lowest BCUT2D eigenvalue weighted by Crippen LogP contribution is -2.25. The standard InChI is InChI=1S/C22H27NO3/c1-14(2)17-10-6-8-15(3)20(17)23-19(24)13-25-18-11-7-9-16-12-22(4,5)26-21(16)18/h6-11,14H,12-13H2,1-5H3,(H,23,24). The number of nitrogens with one attached hydrogen (secondary N) is 1. The van der Waals surface area contributed by atoms with Crippen LogP contribution in [0, 0.1) is 6.92 Å². The smallest absolute Gasteiger partial charge is 0.262 e. The molecule has 0 saturated heterocycles. The molecular formula is C22H27NO3. The molecule has 0 unspecified atom stereocenters. The Hall–Kier alpha value is -2.49. The van der Waals surface area contributed by atoms with E-state index in [9.17, 15) is 4.79 Å². The van der Waals surface area contributed by atoms with E-state index >= 15 is 0 Å². The van der Waals surface area contributed by atoms with Crippen molar-refractivity contribution in [3.63, 3.8) is 0 Å². The first-order chi connectivity index (χ1) is 12.3. The van der Waals surface area contributed by atoms with Gasteiger partial charge in [0.1, 0.15) is 5.60 Å². The fraction of sp³-hybridized carbons (Fsp3) is 0.409. The fourth-order valence-corrected chi connectivity index (χ4v) is 3.36. The molecule has 2 aromatic carbocycles. The number of aryl methyl sites for hydroxylation is 1. The fourth-order valence-electron chi connectivity index (χ4n) is 3.36. The highest BCUT2D eigenvalue weighted by molar-refractivity contribution is 5.93. The number of hydrogen-bond acceptors (Lipinski definition) is 3. The van der Waals surface area contributed by atoms with E-state index in [-0.39, 0.29) is 18.1 Å². The quantitative estimate of drug-likeness (QED) is 0.836. The minimum Gasteiger partial charge on any atom is -0.483 e. The molecule has 0 saturated carbocycles. The van der Waals surface area contributed by atoms with Crippen LogP contribution in [0.5, 0.6) is 11.5 Å². The van der Waals surface area contributed by atoms with Gasteiger partial charge in [0.25, 0.3) is 5.91 Å². The van der Waals surface area contributed by atoms with Gasteiger partial charge in [-0.05, 0) is 43.9 Å². The second-order valence-electron chi connectivity index (χ2n) is 7.81. The van der Waals surface area contributed by atoms with Crippen molar-refractivity contribution in [3.8, 4) is 11.5 Å². The molecule has 0 atom stereocenters. The van der Waals surface area contributed by atoms with Gasteiger partial charge in [0.05, 0.1) is 0 Å². The Morgan fingerprint density at radius 1 is 1.23 bits per heavy atom. The largest absolute Gasteiger partial charge is 0.483 e. The third-order valence-electron chi connectivity index (χ3n) is 4.61. The van der Waals surface area contributed by atoms with Crippen LogP contribution in [0.2, 0.25) is 0 Å². The zero-order valence-corrected chi connectivity index (χ0v) is 16.2. The maximum absolute atomic E-state index is 12.5. The zero-order valence-electron chi connectivity index (χ0n) is 16.2. The van der Waals surface area contributed by atoms with Crippen molar-refractivity contribution in [2.24, 2.45) is 0 Å². The van der Waals surface area contributed by atoms with E-state index in [1.807, 2.05) is 43.3 Å². The van der Waals surface area contributed by atoms with Crippen molar-refractivity contribution in [2.75, 3.05) is 11.9 Å². The number of hydrogen-bond donors (Lipinski definition) is 1. The number of rotatable bonds is 5. The zero-order chi connectivity index (χ0) is 18.9. The Morgan fingerprint density at radius 2 is 1.96 bits per heavy atom. The molecule has 26 heavy (non-hydrogen) atoms. The van der Waals surface area contributed by atoms with E-state index in [0.717, 1.165) is 34.5 Å². The highest BCUT2D eigenvalue weighted by atomic mass is 16.5. The second kappa shape index (κ2) is 7.02. The molecule has 0 spiro atoms. The molecular weight excluding hydrogens is 326 g/mol. The Kier molecular flexibility index (Phi) is 4.94. The van der Waals surface area contributed by atoms with Gasteiger partial charge in [0.2, 0.25) is 0 Å². The summed E-state index contributed by atoms with van der Waals surface area (Å²) in [4.78, 5) is 12.5. The molecule has 138 valence electrons.